The second-order valence-electron chi connectivity index (χ2n) is 8.86. The zero-order valence-electron chi connectivity index (χ0n) is 16.8. The van der Waals surface area contributed by atoms with Crippen molar-refractivity contribution in [2.75, 3.05) is 18.5 Å². The lowest BCUT2D eigenvalue weighted by molar-refractivity contribution is -0.147. The molecule has 0 bridgehead atoms. The standard InChI is InChI=1S/C24H27ClN2O2/c1-26-21-13-12-18(25)14-20(21)23(15-17-8-4-2-5-9-17)16-27(22(28)24(23,26)29)19-10-6-3-7-11-19/h2,4-5,8-9,12-14,19,29H,3,6-7,10-11,15-16H2,1H3/t23-,24+/m1/s1. The van der Waals surface area contributed by atoms with Crippen LogP contribution >= 0.6 is 11.6 Å². The van der Waals surface area contributed by atoms with Crippen molar-refractivity contribution in [2.24, 2.45) is 0 Å². The molecule has 2 heterocycles. The molecule has 5 rings (SSSR count). The molecule has 2 fully saturated rings. The molecule has 29 heavy (non-hydrogen) atoms. The van der Waals surface area contributed by atoms with Crippen LogP contribution in [0.2, 0.25) is 5.02 Å². The van der Waals surface area contributed by atoms with E-state index in [0.29, 0.717) is 18.0 Å². The zero-order valence-corrected chi connectivity index (χ0v) is 17.5. The van der Waals surface area contributed by atoms with Crippen LogP contribution in [0.3, 0.4) is 0 Å². The van der Waals surface area contributed by atoms with Crippen LogP contribution in [0.1, 0.15) is 43.2 Å². The average molecular weight is 411 g/mol. The average Bonchev–Trinajstić information content (AvgIpc) is 3.07. The van der Waals surface area contributed by atoms with Gasteiger partial charge in [0, 0.05) is 30.3 Å². The third-order valence-corrected chi connectivity index (χ3v) is 7.59. The van der Waals surface area contributed by atoms with Crippen molar-refractivity contribution in [3.63, 3.8) is 0 Å². The maximum atomic E-state index is 13.8. The molecule has 4 nitrogen and oxygen atoms in total. The molecule has 1 saturated carbocycles. The minimum absolute atomic E-state index is 0.157. The third-order valence-electron chi connectivity index (χ3n) is 7.35. The highest BCUT2D eigenvalue weighted by atomic mass is 35.5. The highest BCUT2D eigenvalue weighted by Crippen LogP contribution is 2.57. The van der Waals surface area contributed by atoms with E-state index < -0.39 is 11.1 Å². The van der Waals surface area contributed by atoms with E-state index in [1.54, 1.807) is 4.90 Å². The van der Waals surface area contributed by atoms with Gasteiger partial charge in [-0.25, -0.2) is 0 Å². The molecule has 3 aliphatic rings. The van der Waals surface area contributed by atoms with E-state index in [4.69, 9.17) is 11.6 Å². The monoisotopic (exact) mass is 410 g/mol. The van der Waals surface area contributed by atoms with Gasteiger partial charge in [0.2, 0.25) is 5.72 Å². The largest absolute Gasteiger partial charge is 0.362 e. The van der Waals surface area contributed by atoms with Crippen molar-refractivity contribution in [1.29, 1.82) is 0 Å². The smallest absolute Gasteiger partial charge is 0.277 e. The number of amides is 1. The Balaban J connectivity index is 1.67. The van der Waals surface area contributed by atoms with Gasteiger partial charge in [-0.2, -0.15) is 0 Å². The van der Waals surface area contributed by atoms with Gasteiger partial charge >= 0.3 is 0 Å². The minimum atomic E-state index is -1.59. The van der Waals surface area contributed by atoms with Crippen LogP contribution in [-0.4, -0.2) is 41.3 Å². The Kier molecular flexibility index (Phi) is 4.41. The lowest BCUT2D eigenvalue weighted by atomic mass is 9.71. The molecule has 0 aromatic heterocycles. The molecule has 2 aromatic rings. The summed E-state index contributed by atoms with van der Waals surface area (Å²) in [5.41, 5.74) is 0.658. The Hall–Kier alpha value is -2.04. The predicted molar refractivity (Wildman–Crippen MR) is 115 cm³/mol. The van der Waals surface area contributed by atoms with E-state index in [-0.39, 0.29) is 11.9 Å². The fraction of sp³-hybridized carbons (Fsp3) is 0.458. The van der Waals surface area contributed by atoms with Gasteiger partial charge in [-0.3, -0.25) is 4.79 Å². The normalized spacial score (nSPS) is 29.3. The maximum absolute atomic E-state index is 13.8. The van der Waals surface area contributed by atoms with E-state index in [9.17, 15) is 9.90 Å². The zero-order chi connectivity index (χ0) is 20.2. The van der Waals surface area contributed by atoms with E-state index in [1.807, 2.05) is 48.3 Å². The molecule has 0 radical (unpaired) electrons. The third kappa shape index (κ3) is 2.58. The Morgan fingerprint density at radius 1 is 1.10 bits per heavy atom. The van der Waals surface area contributed by atoms with Crippen LogP contribution in [0, 0.1) is 0 Å². The van der Waals surface area contributed by atoms with Crippen molar-refractivity contribution in [3.8, 4) is 0 Å². The Bertz CT molecular complexity index is 943. The molecule has 2 atom stereocenters. The second kappa shape index (κ2) is 6.75. The van der Waals surface area contributed by atoms with Gasteiger partial charge in [0.15, 0.2) is 0 Å². The van der Waals surface area contributed by atoms with Crippen LogP contribution in [0.15, 0.2) is 48.5 Å². The van der Waals surface area contributed by atoms with Gasteiger partial charge < -0.3 is 14.9 Å². The molecule has 2 aliphatic heterocycles. The molecule has 0 unspecified atom stereocenters. The maximum Gasteiger partial charge on any atom is 0.277 e. The number of likely N-dealkylation sites (N-methyl/N-ethyl adjacent to an activating group) is 1. The van der Waals surface area contributed by atoms with Gasteiger partial charge in [-0.15, -0.1) is 0 Å². The summed E-state index contributed by atoms with van der Waals surface area (Å²) in [6, 6.07) is 16.1. The number of rotatable bonds is 3. The number of aliphatic hydroxyl groups is 1. The summed E-state index contributed by atoms with van der Waals surface area (Å²) in [5.74, 6) is -0.157. The lowest BCUT2D eigenvalue weighted by Crippen LogP contribution is -2.60. The molecule has 2 aromatic carbocycles. The van der Waals surface area contributed by atoms with Crippen LogP contribution in [0.5, 0.6) is 0 Å². The van der Waals surface area contributed by atoms with E-state index in [2.05, 4.69) is 12.1 Å². The molecule has 1 saturated heterocycles. The summed E-state index contributed by atoms with van der Waals surface area (Å²) in [5, 5.41) is 12.7. The van der Waals surface area contributed by atoms with Crippen molar-refractivity contribution in [2.45, 2.75) is 55.7 Å². The molecule has 152 valence electrons. The van der Waals surface area contributed by atoms with Crippen molar-refractivity contribution in [1.82, 2.24) is 4.90 Å². The first kappa shape index (κ1) is 19.0. The minimum Gasteiger partial charge on any atom is -0.362 e. The Morgan fingerprint density at radius 3 is 2.55 bits per heavy atom. The number of fused-ring (bicyclic) bond motifs is 3. The topological polar surface area (TPSA) is 43.8 Å². The fourth-order valence-corrected chi connectivity index (χ4v) is 6.05. The number of hydrogen-bond acceptors (Lipinski definition) is 3. The Morgan fingerprint density at radius 2 is 1.83 bits per heavy atom. The van der Waals surface area contributed by atoms with Crippen LogP contribution in [0.25, 0.3) is 0 Å². The predicted octanol–water partition coefficient (Wildman–Crippen LogP) is 4.13. The van der Waals surface area contributed by atoms with E-state index in [1.165, 1.54) is 6.42 Å². The quantitative estimate of drug-likeness (QED) is 0.827. The fourth-order valence-electron chi connectivity index (χ4n) is 5.88. The number of carbonyl (C=O) groups excluding carboxylic acids is 1. The number of benzene rings is 2. The number of anilines is 1. The van der Waals surface area contributed by atoms with Crippen molar-refractivity contribution >= 4 is 23.2 Å². The summed E-state index contributed by atoms with van der Waals surface area (Å²) >= 11 is 6.39. The van der Waals surface area contributed by atoms with Gasteiger partial charge in [0.25, 0.3) is 5.91 Å². The van der Waals surface area contributed by atoms with Crippen LogP contribution in [0.4, 0.5) is 5.69 Å². The first-order chi connectivity index (χ1) is 14.0. The summed E-state index contributed by atoms with van der Waals surface area (Å²) < 4.78 is 0. The van der Waals surface area contributed by atoms with Crippen LogP contribution < -0.4 is 4.90 Å². The number of nitrogens with zero attached hydrogens (tertiary/aromatic N) is 2. The molecule has 1 amide bonds. The van der Waals surface area contributed by atoms with Crippen molar-refractivity contribution in [3.05, 3.63) is 64.7 Å². The number of likely N-dealkylation sites (tertiary alicyclic amines) is 1. The summed E-state index contributed by atoms with van der Waals surface area (Å²) in [4.78, 5) is 17.5. The SMILES string of the molecule is CN1c2ccc(Cl)cc2[C@@]2(Cc3ccccc3)CN(C3CCCCC3)C(=O)[C@@]12O. The first-order valence-corrected chi connectivity index (χ1v) is 11.0. The highest BCUT2D eigenvalue weighted by molar-refractivity contribution is 6.30. The van der Waals surface area contributed by atoms with Gasteiger partial charge in [0.05, 0.1) is 5.41 Å². The molecular weight excluding hydrogens is 384 g/mol. The molecular formula is C24H27ClN2O2. The van der Waals surface area contributed by atoms with Gasteiger partial charge in [0.1, 0.15) is 0 Å². The van der Waals surface area contributed by atoms with E-state index >= 15 is 0 Å². The Labute approximate surface area is 177 Å². The first-order valence-electron chi connectivity index (χ1n) is 10.6. The van der Waals surface area contributed by atoms with Gasteiger partial charge in [-0.05, 0) is 48.6 Å². The van der Waals surface area contributed by atoms with Gasteiger partial charge in [-0.1, -0.05) is 61.2 Å². The highest BCUT2D eigenvalue weighted by Gasteiger charge is 2.71. The molecule has 1 N–H and O–H groups in total. The number of hydrogen-bond donors (Lipinski definition) is 1. The second-order valence-corrected chi connectivity index (χ2v) is 9.30. The van der Waals surface area contributed by atoms with E-state index in [0.717, 1.165) is 42.5 Å². The summed E-state index contributed by atoms with van der Waals surface area (Å²) in [6.45, 7) is 0.527. The van der Waals surface area contributed by atoms with Crippen molar-refractivity contribution < 1.29 is 9.90 Å². The number of halogens is 1. The molecule has 0 spiro atoms. The molecule has 5 heteroatoms. The summed E-state index contributed by atoms with van der Waals surface area (Å²) in [7, 11) is 1.84. The summed E-state index contributed by atoms with van der Waals surface area (Å²) in [6.07, 6.45) is 6.17. The number of carbonyl (C=O) groups is 1. The molecule has 1 aliphatic carbocycles. The lowest BCUT2D eigenvalue weighted by Gasteiger charge is -2.37. The van der Waals surface area contributed by atoms with Crippen LogP contribution in [-0.2, 0) is 16.6 Å².